The summed E-state index contributed by atoms with van der Waals surface area (Å²) in [7, 11) is 0. The van der Waals surface area contributed by atoms with Crippen molar-refractivity contribution in [1.29, 1.82) is 0 Å². The number of aromatic nitrogens is 2. The van der Waals surface area contributed by atoms with Crippen LogP contribution in [0, 0.1) is 0 Å². The van der Waals surface area contributed by atoms with E-state index in [4.69, 9.17) is 4.74 Å². The Hall–Kier alpha value is -0.820. The Morgan fingerprint density at radius 2 is 2.09 bits per heavy atom. The van der Waals surface area contributed by atoms with Crippen LogP contribution in [0.5, 0.6) is 0 Å². The van der Waals surface area contributed by atoms with Gasteiger partial charge in [0.25, 0.3) is 0 Å². The summed E-state index contributed by atoms with van der Waals surface area (Å²) in [5.41, 5.74) is 1.18. The Balaban J connectivity index is 0.00000121. The molecular formula is C14H24Cl2N4O2. The van der Waals surface area contributed by atoms with E-state index in [-0.39, 0.29) is 42.9 Å². The molecular weight excluding hydrogens is 327 g/mol. The number of amides is 1. The summed E-state index contributed by atoms with van der Waals surface area (Å²) in [6.45, 7) is 5.03. The Kier molecular flexibility index (Phi) is 7.62. The van der Waals surface area contributed by atoms with E-state index in [1.54, 1.807) is 6.20 Å². The number of nitrogens with one attached hydrogen (secondary N) is 2. The van der Waals surface area contributed by atoms with Gasteiger partial charge < -0.3 is 15.0 Å². The molecule has 0 bridgehead atoms. The van der Waals surface area contributed by atoms with E-state index in [0.717, 1.165) is 32.5 Å². The van der Waals surface area contributed by atoms with Crippen LogP contribution >= 0.6 is 24.8 Å². The van der Waals surface area contributed by atoms with Crippen molar-refractivity contribution in [1.82, 2.24) is 20.4 Å². The van der Waals surface area contributed by atoms with Crippen LogP contribution in [-0.2, 0) is 9.53 Å². The number of nitrogens with zero attached hydrogens (tertiary/aromatic N) is 2. The Bertz CT molecular complexity index is 450. The molecule has 0 aromatic carbocycles. The molecule has 0 radical (unpaired) electrons. The smallest absolute Gasteiger partial charge is 0.242 e. The summed E-state index contributed by atoms with van der Waals surface area (Å²) >= 11 is 0. The van der Waals surface area contributed by atoms with Crippen molar-refractivity contribution in [2.45, 2.75) is 37.8 Å². The molecule has 2 aliphatic rings. The van der Waals surface area contributed by atoms with Gasteiger partial charge in [-0.3, -0.25) is 9.89 Å². The molecule has 0 unspecified atom stereocenters. The molecule has 2 N–H and O–H groups in total. The summed E-state index contributed by atoms with van der Waals surface area (Å²) in [6.07, 6.45) is 3.74. The van der Waals surface area contributed by atoms with Gasteiger partial charge in [-0.1, -0.05) is 0 Å². The predicted molar refractivity (Wildman–Crippen MR) is 88.8 cm³/mol. The number of hydrogen-bond acceptors (Lipinski definition) is 4. The van der Waals surface area contributed by atoms with Gasteiger partial charge in [-0.25, -0.2) is 0 Å². The fraction of sp³-hybridized carbons (Fsp3) is 0.714. The number of aromatic amines is 1. The Morgan fingerprint density at radius 3 is 2.68 bits per heavy atom. The monoisotopic (exact) mass is 350 g/mol. The van der Waals surface area contributed by atoms with Crippen LogP contribution in [0.25, 0.3) is 0 Å². The molecule has 126 valence electrons. The van der Waals surface area contributed by atoms with Crippen molar-refractivity contribution in [2.24, 2.45) is 0 Å². The fourth-order valence-corrected chi connectivity index (χ4v) is 3.11. The van der Waals surface area contributed by atoms with Crippen molar-refractivity contribution < 1.29 is 9.53 Å². The molecule has 1 aromatic heterocycles. The van der Waals surface area contributed by atoms with E-state index in [1.807, 2.05) is 17.9 Å². The van der Waals surface area contributed by atoms with Gasteiger partial charge in [-0.05, 0) is 25.8 Å². The lowest BCUT2D eigenvalue weighted by atomic mass is 9.93. The number of carbonyl (C=O) groups is 1. The van der Waals surface area contributed by atoms with Crippen molar-refractivity contribution >= 4 is 30.7 Å². The van der Waals surface area contributed by atoms with Gasteiger partial charge in [-0.2, -0.15) is 5.10 Å². The van der Waals surface area contributed by atoms with E-state index in [1.165, 1.54) is 5.69 Å². The van der Waals surface area contributed by atoms with Gasteiger partial charge >= 0.3 is 0 Å². The van der Waals surface area contributed by atoms with Crippen LogP contribution in [-0.4, -0.2) is 59.4 Å². The Labute approximate surface area is 143 Å². The average molecular weight is 351 g/mol. The number of H-pyrrole nitrogens is 1. The lowest BCUT2D eigenvalue weighted by Gasteiger charge is -2.37. The first-order valence-electron chi connectivity index (χ1n) is 7.39. The predicted octanol–water partition coefficient (Wildman–Crippen LogP) is 1.34. The van der Waals surface area contributed by atoms with Crippen LogP contribution in [0.15, 0.2) is 12.3 Å². The van der Waals surface area contributed by atoms with E-state index >= 15 is 0 Å². The number of hydrogen-bond donors (Lipinski definition) is 2. The zero-order valence-corrected chi connectivity index (χ0v) is 14.3. The van der Waals surface area contributed by atoms with Gasteiger partial charge in [-0.15, -0.1) is 24.8 Å². The van der Waals surface area contributed by atoms with Crippen molar-refractivity contribution in [3.05, 3.63) is 18.0 Å². The van der Waals surface area contributed by atoms with Crippen molar-refractivity contribution in [3.63, 3.8) is 0 Å². The van der Waals surface area contributed by atoms with Gasteiger partial charge in [0, 0.05) is 37.4 Å². The highest BCUT2D eigenvalue weighted by Gasteiger charge is 2.33. The summed E-state index contributed by atoms with van der Waals surface area (Å²) in [4.78, 5) is 14.5. The molecule has 22 heavy (non-hydrogen) atoms. The highest BCUT2D eigenvalue weighted by atomic mass is 35.5. The standard InChI is InChI=1S/C14H22N4O2.2ClH/c1-10-13(15-6-9-20-10)14(19)18-7-3-11(4-8-18)12-2-5-16-17-12;;/h2,5,10-11,13,15H,3-4,6-9H2,1H3,(H,16,17);2*1H/t10-,13+;;/m1../s1. The second-order valence-corrected chi connectivity index (χ2v) is 5.62. The Morgan fingerprint density at radius 1 is 1.36 bits per heavy atom. The van der Waals surface area contributed by atoms with E-state index < -0.39 is 0 Å². The van der Waals surface area contributed by atoms with Crippen molar-refractivity contribution in [3.8, 4) is 0 Å². The van der Waals surface area contributed by atoms with Crippen LogP contribution in [0.1, 0.15) is 31.4 Å². The molecule has 0 aliphatic carbocycles. The SMILES string of the molecule is C[C@H]1OCCN[C@@H]1C(=O)N1CCC(c2ccn[nH]2)CC1.Cl.Cl. The molecule has 2 aliphatic heterocycles. The highest BCUT2D eigenvalue weighted by Crippen LogP contribution is 2.26. The minimum absolute atomic E-state index is 0. The quantitative estimate of drug-likeness (QED) is 0.844. The molecule has 1 aromatic rings. The average Bonchev–Trinajstić information content (AvgIpc) is 3.01. The van der Waals surface area contributed by atoms with E-state index in [2.05, 4.69) is 15.5 Å². The molecule has 2 atom stereocenters. The molecule has 3 rings (SSSR count). The van der Waals surface area contributed by atoms with Crippen LogP contribution < -0.4 is 5.32 Å². The fourth-order valence-electron chi connectivity index (χ4n) is 3.11. The number of likely N-dealkylation sites (tertiary alicyclic amines) is 1. The lowest BCUT2D eigenvalue weighted by Crippen LogP contribution is -2.57. The van der Waals surface area contributed by atoms with Crippen LogP contribution in [0.2, 0.25) is 0 Å². The first-order valence-corrected chi connectivity index (χ1v) is 7.39. The van der Waals surface area contributed by atoms with E-state index in [9.17, 15) is 4.79 Å². The van der Waals surface area contributed by atoms with Gasteiger partial charge in [0.2, 0.25) is 5.91 Å². The molecule has 8 heteroatoms. The molecule has 0 saturated carbocycles. The zero-order chi connectivity index (χ0) is 13.9. The van der Waals surface area contributed by atoms with Crippen LogP contribution in [0.3, 0.4) is 0 Å². The molecule has 2 saturated heterocycles. The van der Waals surface area contributed by atoms with Gasteiger partial charge in [0.15, 0.2) is 0 Å². The van der Waals surface area contributed by atoms with Crippen molar-refractivity contribution in [2.75, 3.05) is 26.2 Å². The number of carbonyl (C=O) groups excluding carboxylic acids is 1. The maximum Gasteiger partial charge on any atom is 0.242 e. The number of rotatable bonds is 2. The third-order valence-corrected chi connectivity index (χ3v) is 4.35. The molecule has 2 fully saturated rings. The molecule has 1 amide bonds. The highest BCUT2D eigenvalue weighted by molar-refractivity contribution is 5.85. The van der Waals surface area contributed by atoms with Gasteiger partial charge in [0.1, 0.15) is 6.04 Å². The number of ether oxygens (including phenoxy) is 1. The second kappa shape index (κ2) is 8.72. The van der Waals surface area contributed by atoms with E-state index in [0.29, 0.717) is 12.5 Å². The summed E-state index contributed by atoms with van der Waals surface area (Å²) < 4.78 is 5.56. The normalized spacial score (nSPS) is 26.0. The largest absolute Gasteiger partial charge is 0.375 e. The second-order valence-electron chi connectivity index (χ2n) is 5.62. The topological polar surface area (TPSA) is 70.2 Å². The summed E-state index contributed by atoms with van der Waals surface area (Å²) in [6, 6.07) is 1.84. The maximum absolute atomic E-state index is 12.5. The number of halogens is 2. The van der Waals surface area contributed by atoms with Gasteiger partial charge in [0.05, 0.1) is 12.7 Å². The summed E-state index contributed by atoms with van der Waals surface area (Å²) in [5.74, 6) is 0.676. The first-order chi connectivity index (χ1) is 9.75. The molecule has 6 nitrogen and oxygen atoms in total. The molecule has 3 heterocycles. The number of morpholine rings is 1. The third-order valence-electron chi connectivity index (χ3n) is 4.35. The minimum atomic E-state index is -0.188. The summed E-state index contributed by atoms with van der Waals surface area (Å²) in [5, 5.41) is 10.3. The van der Waals surface area contributed by atoms with Crippen LogP contribution in [0.4, 0.5) is 0 Å². The lowest BCUT2D eigenvalue weighted by molar-refractivity contribution is -0.140. The zero-order valence-electron chi connectivity index (χ0n) is 12.7. The third kappa shape index (κ3) is 4.13. The first kappa shape index (κ1) is 19.2. The number of piperidine rings is 1. The molecule has 0 spiro atoms. The maximum atomic E-state index is 12.5. The minimum Gasteiger partial charge on any atom is -0.375 e.